The number of amides is 2. The fraction of sp³-hybridized carbons (Fsp3) is 0.600. The highest BCUT2D eigenvalue weighted by Crippen LogP contribution is 2.37. The van der Waals surface area contributed by atoms with Crippen LogP contribution in [0.4, 0.5) is 31.1 Å². The standard InChI is InChI=1S/C20H24F6N2O5S/c1-11-10-28(17(30)33-18(2,3)4)6-5-15(11)16(29)27-34(31,32)14-8-12(19(21,22)23)7-13(9-14)20(24,25)26/h7-9,11,15H,5-6,10H2,1-4H3,(H,27,29)/t11-,15+/m1/s1. The van der Waals surface area contributed by atoms with Crippen molar-refractivity contribution in [2.45, 2.75) is 57.0 Å². The van der Waals surface area contributed by atoms with Crippen molar-refractivity contribution in [3.63, 3.8) is 0 Å². The molecule has 0 spiro atoms. The number of halogens is 6. The number of nitrogens with one attached hydrogen (secondary N) is 1. The second-order valence-corrected chi connectivity index (χ2v) is 10.7. The van der Waals surface area contributed by atoms with Crippen LogP contribution >= 0.6 is 0 Å². The number of hydrogen-bond donors (Lipinski definition) is 1. The van der Waals surface area contributed by atoms with Gasteiger partial charge in [-0.15, -0.1) is 0 Å². The highest BCUT2D eigenvalue weighted by molar-refractivity contribution is 7.90. The first kappa shape index (κ1) is 27.7. The SMILES string of the molecule is C[C@@H]1CN(C(=O)OC(C)(C)C)CC[C@@H]1C(=O)NS(=O)(=O)c1cc(C(F)(F)F)cc(C(F)(F)F)c1. The zero-order valence-electron chi connectivity index (χ0n) is 18.7. The molecule has 0 saturated carbocycles. The maximum Gasteiger partial charge on any atom is 0.416 e. The molecule has 2 amide bonds. The van der Waals surface area contributed by atoms with Crippen LogP contribution in [0.2, 0.25) is 0 Å². The second kappa shape index (κ2) is 9.27. The van der Waals surface area contributed by atoms with E-state index >= 15 is 0 Å². The van der Waals surface area contributed by atoms with Gasteiger partial charge in [-0.25, -0.2) is 17.9 Å². The Kier molecular flexibility index (Phi) is 7.56. The van der Waals surface area contributed by atoms with Crippen LogP contribution < -0.4 is 4.72 Å². The van der Waals surface area contributed by atoms with E-state index in [1.807, 2.05) is 0 Å². The van der Waals surface area contributed by atoms with Gasteiger partial charge in [-0.05, 0) is 51.3 Å². The lowest BCUT2D eigenvalue weighted by molar-refractivity contribution is -0.143. The van der Waals surface area contributed by atoms with Crippen LogP contribution in [0.3, 0.4) is 0 Å². The number of carbonyl (C=O) groups excluding carboxylic acids is 2. The van der Waals surface area contributed by atoms with Gasteiger partial charge in [0.15, 0.2) is 0 Å². The number of carbonyl (C=O) groups is 2. The third kappa shape index (κ3) is 7.00. The number of sulfonamides is 1. The summed E-state index contributed by atoms with van der Waals surface area (Å²) in [5, 5.41) is 0. The first-order chi connectivity index (χ1) is 15.2. The zero-order chi connectivity index (χ0) is 26.3. The summed E-state index contributed by atoms with van der Waals surface area (Å²) >= 11 is 0. The van der Waals surface area contributed by atoms with E-state index < -0.39 is 67.8 Å². The number of piperidine rings is 1. The van der Waals surface area contributed by atoms with Crippen LogP contribution in [0.1, 0.15) is 45.2 Å². The molecule has 1 aromatic rings. The lowest BCUT2D eigenvalue weighted by atomic mass is 9.86. The molecule has 1 fully saturated rings. The Morgan fingerprint density at radius 1 is 1.00 bits per heavy atom. The summed E-state index contributed by atoms with van der Waals surface area (Å²) in [5.41, 5.74) is -4.41. The molecule has 2 rings (SSSR count). The van der Waals surface area contributed by atoms with Crippen LogP contribution in [-0.4, -0.2) is 44.0 Å². The minimum atomic E-state index is -5.25. The molecule has 0 bridgehead atoms. The number of alkyl halides is 6. The third-order valence-corrected chi connectivity index (χ3v) is 6.33. The summed E-state index contributed by atoms with van der Waals surface area (Å²) in [7, 11) is -5.06. The Labute approximate surface area is 192 Å². The minimum absolute atomic E-state index is 0.0121. The van der Waals surface area contributed by atoms with Crippen LogP contribution in [-0.2, 0) is 31.9 Å². The quantitative estimate of drug-likeness (QED) is 0.598. The van der Waals surface area contributed by atoms with Crippen LogP contribution in [0, 0.1) is 11.8 Å². The molecule has 1 N–H and O–H groups in total. The summed E-state index contributed by atoms with van der Waals surface area (Å²) in [6.07, 6.45) is -11.1. The Bertz CT molecular complexity index is 1010. The molecular formula is C20H24F6N2O5S. The van der Waals surface area contributed by atoms with Crippen LogP contribution in [0.5, 0.6) is 0 Å². The number of likely N-dealkylation sites (tertiary alicyclic amines) is 1. The first-order valence-corrected chi connectivity index (χ1v) is 11.5. The topological polar surface area (TPSA) is 92.8 Å². The van der Waals surface area contributed by atoms with Gasteiger partial charge >= 0.3 is 18.4 Å². The Morgan fingerprint density at radius 2 is 1.50 bits per heavy atom. The average Bonchev–Trinajstić information content (AvgIpc) is 2.64. The number of rotatable bonds is 3. The molecule has 34 heavy (non-hydrogen) atoms. The highest BCUT2D eigenvalue weighted by atomic mass is 32.2. The normalized spacial score (nSPS) is 20.1. The van der Waals surface area contributed by atoms with Gasteiger partial charge in [-0.3, -0.25) is 4.79 Å². The van der Waals surface area contributed by atoms with Gasteiger partial charge < -0.3 is 9.64 Å². The molecule has 1 saturated heterocycles. The second-order valence-electron chi connectivity index (χ2n) is 9.01. The molecule has 14 heteroatoms. The van der Waals surface area contributed by atoms with Gasteiger partial charge in [-0.1, -0.05) is 6.92 Å². The van der Waals surface area contributed by atoms with E-state index in [0.717, 1.165) is 0 Å². The highest BCUT2D eigenvalue weighted by Gasteiger charge is 2.40. The Hall–Kier alpha value is -2.51. The molecule has 1 aliphatic heterocycles. The van der Waals surface area contributed by atoms with Crippen molar-refractivity contribution >= 4 is 22.0 Å². The fourth-order valence-corrected chi connectivity index (χ4v) is 4.47. The number of ether oxygens (including phenoxy) is 1. The predicted molar refractivity (Wildman–Crippen MR) is 107 cm³/mol. The number of hydrogen-bond acceptors (Lipinski definition) is 5. The van der Waals surface area contributed by atoms with E-state index in [1.54, 1.807) is 32.4 Å². The molecule has 2 atom stereocenters. The Balaban J connectivity index is 2.23. The van der Waals surface area contributed by atoms with E-state index in [0.29, 0.717) is 0 Å². The van der Waals surface area contributed by atoms with Crippen molar-refractivity contribution in [3.05, 3.63) is 29.3 Å². The molecule has 192 valence electrons. The van der Waals surface area contributed by atoms with Crippen molar-refractivity contribution in [2.75, 3.05) is 13.1 Å². The fourth-order valence-electron chi connectivity index (χ4n) is 3.38. The van der Waals surface area contributed by atoms with E-state index in [-0.39, 0.29) is 37.7 Å². The monoisotopic (exact) mass is 518 g/mol. The maximum absolute atomic E-state index is 13.0. The summed E-state index contributed by atoms with van der Waals surface area (Å²) in [5.74, 6) is -2.62. The van der Waals surface area contributed by atoms with Crippen molar-refractivity contribution in [1.29, 1.82) is 0 Å². The van der Waals surface area contributed by atoms with Crippen LogP contribution in [0.15, 0.2) is 23.1 Å². The summed E-state index contributed by atoms with van der Waals surface area (Å²) in [6.45, 7) is 6.62. The molecule has 1 aromatic carbocycles. The van der Waals surface area contributed by atoms with Gasteiger partial charge in [0.2, 0.25) is 5.91 Å². The average molecular weight is 518 g/mol. The molecule has 0 aromatic heterocycles. The van der Waals surface area contributed by atoms with Crippen molar-refractivity contribution < 1.29 is 49.1 Å². The van der Waals surface area contributed by atoms with E-state index in [1.165, 1.54) is 4.90 Å². The number of nitrogens with zero attached hydrogens (tertiary/aromatic N) is 1. The molecule has 1 heterocycles. The largest absolute Gasteiger partial charge is 0.444 e. The van der Waals surface area contributed by atoms with Crippen molar-refractivity contribution in [3.8, 4) is 0 Å². The molecule has 0 unspecified atom stereocenters. The summed E-state index contributed by atoms with van der Waals surface area (Å²) in [4.78, 5) is 24.8. The van der Waals surface area contributed by atoms with Crippen molar-refractivity contribution in [2.24, 2.45) is 11.8 Å². The lowest BCUT2D eigenvalue weighted by Gasteiger charge is -2.36. The summed E-state index contributed by atoms with van der Waals surface area (Å²) in [6, 6.07) is -0.159. The van der Waals surface area contributed by atoms with Gasteiger partial charge in [0.05, 0.1) is 16.0 Å². The molecule has 0 radical (unpaired) electrons. The molecule has 7 nitrogen and oxygen atoms in total. The summed E-state index contributed by atoms with van der Waals surface area (Å²) < 4.78 is 110. The molecule has 1 aliphatic rings. The van der Waals surface area contributed by atoms with E-state index in [4.69, 9.17) is 4.74 Å². The molecular weight excluding hydrogens is 494 g/mol. The van der Waals surface area contributed by atoms with Gasteiger partial charge in [0.25, 0.3) is 10.0 Å². The van der Waals surface area contributed by atoms with E-state index in [9.17, 15) is 44.3 Å². The van der Waals surface area contributed by atoms with Gasteiger partial charge in [0, 0.05) is 19.0 Å². The third-order valence-electron chi connectivity index (χ3n) is 5.00. The smallest absolute Gasteiger partial charge is 0.416 e. The number of benzene rings is 1. The maximum atomic E-state index is 13.0. The van der Waals surface area contributed by atoms with Gasteiger partial charge in [-0.2, -0.15) is 26.3 Å². The van der Waals surface area contributed by atoms with E-state index in [2.05, 4.69) is 0 Å². The van der Waals surface area contributed by atoms with Crippen LogP contribution in [0.25, 0.3) is 0 Å². The zero-order valence-corrected chi connectivity index (χ0v) is 19.5. The Morgan fingerprint density at radius 3 is 1.91 bits per heavy atom. The lowest BCUT2D eigenvalue weighted by Crippen LogP contribution is -2.49. The van der Waals surface area contributed by atoms with Gasteiger partial charge in [0.1, 0.15) is 5.60 Å². The van der Waals surface area contributed by atoms with Crippen molar-refractivity contribution in [1.82, 2.24) is 9.62 Å². The molecule has 0 aliphatic carbocycles. The first-order valence-electron chi connectivity index (χ1n) is 10.0. The minimum Gasteiger partial charge on any atom is -0.444 e. The predicted octanol–water partition coefficient (Wildman–Crippen LogP) is 4.42.